The highest BCUT2D eigenvalue weighted by Gasteiger charge is 2.52. The van der Waals surface area contributed by atoms with Crippen LogP contribution in [-0.2, 0) is 0 Å². The number of para-hydroxylation sites is 3. The first-order chi connectivity index (χ1) is 16.6. The van der Waals surface area contributed by atoms with Crippen molar-refractivity contribution in [1.82, 2.24) is 0 Å². The molecule has 2 N–H and O–H groups in total. The van der Waals surface area contributed by atoms with Crippen molar-refractivity contribution < 1.29 is 14.9 Å². The number of nitrogens with zero attached hydrogens (tertiary/aromatic N) is 2. The molecule has 1 aliphatic heterocycles. The Balaban J connectivity index is 1.60. The van der Waals surface area contributed by atoms with Gasteiger partial charge >= 0.3 is 0 Å². The molecular formula is C29H30N2O3. The molecule has 0 aromatic heterocycles. The van der Waals surface area contributed by atoms with Gasteiger partial charge in [-0.15, -0.1) is 0 Å². The Morgan fingerprint density at radius 2 is 1.56 bits per heavy atom. The first-order valence-corrected chi connectivity index (χ1v) is 12.0. The summed E-state index contributed by atoms with van der Waals surface area (Å²) in [5, 5.41) is 20.6. The molecule has 1 aliphatic carbocycles. The second-order valence-electron chi connectivity index (χ2n) is 9.24. The summed E-state index contributed by atoms with van der Waals surface area (Å²) in [6.07, 6.45) is 7.39. The van der Waals surface area contributed by atoms with Crippen LogP contribution in [-0.4, -0.2) is 28.4 Å². The fourth-order valence-corrected chi connectivity index (χ4v) is 5.26. The standard InChI is InChI=1S/C29H30N2O3/c1-2-20-15-16-29(31-19-22-10-4-7-13-26(22)33)24(17-20)28(23-11-5-8-14-27(23)34-29)30-18-21-9-3-6-12-25(21)32/h3-14,18-20,24,28,32-33H,2,15-17H2,1H3/t20-,24+,28+,29+/m1/s1. The summed E-state index contributed by atoms with van der Waals surface area (Å²) in [6.45, 7) is 2.24. The van der Waals surface area contributed by atoms with E-state index in [4.69, 9.17) is 14.7 Å². The van der Waals surface area contributed by atoms with Crippen LogP contribution in [0.1, 0.15) is 55.3 Å². The van der Waals surface area contributed by atoms with Crippen molar-refractivity contribution in [3.63, 3.8) is 0 Å². The molecule has 0 radical (unpaired) electrons. The molecule has 2 aliphatic rings. The number of phenolic OH excluding ortho intramolecular Hbond substituents is 2. The molecule has 0 bridgehead atoms. The Morgan fingerprint density at radius 3 is 2.26 bits per heavy atom. The molecule has 0 amide bonds. The lowest BCUT2D eigenvalue weighted by Gasteiger charge is -2.49. The van der Waals surface area contributed by atoms with E-state index >= 15 is 0 Å². The molecule has 1 heterocycles. The molecule has 5 heteroatoms. The SMILES string of the molecule is CC[C@@H]1CC[C@]2(N=Cc3ccccc3O)Oc3ccccc3[C@H](N=Cc3ccccc3O)[C@@H]2C1. The summed E-state index contributed by atoms with van der Waals surface area (Å²) >= 11 is 0. The van der Waals surface area contributed by atoms with Gasteiger partial charge in [-0.3, -0.25) is 4.99 Å². The van der Waals surface area contributed by atoms with Crippen molar-refractivity contribution >= 4 is 12.4 Å². The average Bonchev–Trinajstić information content (AvgIpc) is 2.86. The predicted molar refractivity (Wildman–Crippen MR) is 135 cm³/mol. The minimum absolute atomic E-state index is 0.0327. The van der Waals surface area contributed by atoms with Gasteiger partial charge in [-0.05, 0) is 49.1 Å². The molecule has 0 saturated heterocycles. The van der Waals surface area contributed by atoms with Crippen LogP contribution >= 0.6 is 0 Å². The number of hydrogen-bond donors (Lipinski definition) is 2. The van der Waals surface area contributed by atoms with E-state index in [0.717, 1.165) is 37.0 Å². The van der Waals surface area contributed by atoms with Gasteiger partial charge in [0.15, 0.2) is 0 Å². The van der Waals surface area contributed by atoms with Crippen molar-refractivity contribution in [2.45, 2.75) is 44.4 Å². The predicted octanol–water partition coefficient (Wildman–Crippen LogP) is 6.29. The highest BCUT2D eigenvalue weighted by molar-refractivity contribution is 5.84. The quantitative estimate of drug-likeness (QED) is 0.445. The number of hydrogen-bond acceptors (Lipinski definition) is 5. The number of aliphatic imine (C=N–C) groups is 2. The number of benzene rings is 3. The van der Waals surface area contributed by atoms with E-state index in [9.17, 15) is 10.2 Å². The van der Waals surface area contributed by atoms with Gasteiger partial charge in [0, 0.05) is 41.5 Å². The molecule has 4 atom stereocenters. The van der Waals surface area contributed by atoms with Gasteiger partial charge in [-0.2, -0.15) is 0 Å². The fraction of sp³-hybridized carbons (Fsp3) is 0.310. The zero-order valence-corrected chi connectivity index (χ0v) is 19.3. The summed E-state index contributed by atoms with van der Waals surface area (Å²) < 4.78 is 6.68. The molecule has 1 fully saturated rings. The van der Waals surface area contributed by atoms with Gasteiger partial charge in [-0.1, -0.05) is 55.8 Å². The number of aromatic hydroxyl groups is 2. The summed E-state index contributed by atoms with van der Waals surface area (Å²) in [5.74, 6) is 1.82. The third kappa shape index (κ3) is 4.18. The van der Waals surface area contributed by atoms with Crippen LogP contribution in [0.15, 0.2) is 82.8 Å². The third-order valence-electron chi connectivity index (χ3n) is 7.23. The molecule has 174 valence electrons. The van der Waals surface area contributed by atoms with E-state index in [1.54, 1.807) is 30.6 Å². The molecule has 0 spiro atoms. The Bertz CT molecular complexity index is 1220. The van der Waals surface area contributed by atoms with Crippen LogP contribution in [0.25, 0.3) is 0 Å². The molecular weight excluding hydrogens is 424 g/mol. The zero-order valence-electron chi connectivity index (χ0n) is 19.3. The van der Waals surface area contributed by atoms with Crippen LogP contribution < -0.4 is 4.74 Å². The van der Waals surface area contributed by atoms with E-state index in [2.05, 4.69) is 13.0 Å². The smallest absolute Gasteiger partial charge is 0.205 e. The number of fused-ring (bicyclic) bond motifs is 2. The van der Waals surface area contributed by atoms with Gasteiger partial charge in [0.1, 0.15) is 17.2 Å². The fourth-order valence-electron chi connectivity index (χ4n) is 5.26. The van der Waals surface area contributed by atoms with Crippen LogP contribution in [0.4, 0.5) is 0 Å². The monoisotopic (exact) mass is 454 g/mol. The average molecular weight is 455 g/mol. The Kier molecular flexibility index (Phi) is 6.10. The maximum absolute atomic E-state index is 10.3. The Hall–Kier alpha value is -3.60. The first kappa shape index (κ1) is 22.2. The minimum atomic E-state index is -0.761. The number of rotatable bonds is 5. The number of ether oxygens (including phenoxy) is 1. The largest absolute Gasteiger partial charge is 0.507 e. The third-order valence-corrected chi connectivity index (χ3v) is 7.23. The van der Waals surface area contributed by atoms with Crippen LogP contribution in [0, 0.1) is 11.8 Å². The second-order valence-corrected chi connectivity index (χ2v) is 9.24. The van der Waals surface area contributed by atoms with Crippen molar-refractivity contribution in [3.8, 4) is 17.2 Å². The zero-order chi connectivity index (χ0) is 23.5. The topological polar surface area (TPSA) is 74.4 Å². The molecule has 1 saturated carbocycles. The Morgan fingerprint density at radius 1 is 0.912 bits per heavy atom. The summed E-state index contributed by atoms with van der Waals surface area (Å²) in [5.41, 5.74) is 1.65. The lowest BCUT2D eigenvalue weighted by Crippen LogP contribution is -2.51. The first-order valence-electron chi connectivity index (χ1n) is 12.0. The second kappa shape index (κ2) is 9.34. The summed E-state index contributed by atoms with van der Waals surface area (Å²) in [4.78, 5) is 10.1. The summed E-state index contributed by atoms with van der Waals surface area (Å²) in [7, 11) is 0. The number of phenols is 2. The van der Waals surface area contributed by atoms with Gasteiger partial charge in [0.25, 0.3) is 0 Å². The minimum Gasteiger partial charge on any atom is -0.507 e. The van der Waals surface area contributed by atoms with Crippen molar-refractivity contribution in [3.05, 3.63) is 89.5 Å². The highest BCUT2D eigenvalue weighted by atomic mass is 16.5. The van der Waals surface area contributed by atoms with Gasteiger partial charge in [0.05, 0.1) is 6.04 Å². The lowest BCUT2D eigenvalue weighted by atomic mass is 9.68. The maximum Gasteiger partial charge on any atom is 0.205 e. The summed E-state index contributed by atoms with van der Waals surface area (Å²) in [6, 6.07) is 22.4. The Labute approximate surface area is 200 Å². The molecule has 5 nitrogen and oxygen atoms in total. The van der Waals surface area contributed by atoms with Crippen molar-refractivity contribution in [2.24, 2.45) is 21.8 Å². The van der Waals surface area contributed by atoms with Gasteiger partial charge in [0.2, 0.25) is 5.72 Å². The molecule has 3 aromatic carbocycles. The van der Waals surface area contributed by atoms with Crippen LogP contribution in [0.5, 0.6) is 17.2 Å². The van der Waals surface area contributed by atoms with E-state index < -0.39 is 5.72 Å². The van der Waals surface area contributed by atoms with E-state index in [-0.39, 0.29) is 23.5 Å². The van der Waals surface area contributed by atoms with E-state index in [1.807, 2.05) is 48.5 Å². The van der Waals surface area contributed by atoms with E-state index in [0.29, 0.717) is 17.0 Å². The van der Waals surface area contributed by atoms with E-state index in [1.165, 1.54) is 0 Å². The molecule has 3 aromatic rings. The molecule has 5 rings (SSSR count). The van der Waals surface area contributed by atoms with Crippen LogP contribution in [0.3, 0.4) is 0 Å². The molecule has 0 unspecified atom stereocenters. The van der Waals surface area contributed by atoms with Gasteiger partial charge < -0.3 is 14.9 Å². The van der Waals surface area contributed by atoms with Gasteiger partial charge in [-0.25, -0.2) is 4.99 Å². The van der Waals surface area contributed by atoms with Crippen molar-refractivity contribution in [2.75, 3.05) is 0 Å². The van der Waals surface area contributed by atoms with Crippen molar-refractivity contribution in [1.29, 1.82) is 0 Å². The normalized spacial score (nSPS) is 26.2. The maximum atomic E-state index is 10.3. The highest BCUT2D eigenvalue weighted by Crippen LogP contribution is 2.54. The van der Waals surface area contributed by atoms with Crippen LogP contribution in [0.2, 0.25) is 0 Å². The lowest BCUT2D eigenvalue weighted by molar-refractivity contribution is -0.0575. The molecule has 34 heavy (non-hydrogen) atoms.